The summed E-state index contributed by atoms with van der Waals surface area (Å²) in [6, 6.07) is 12.9. The maximum atomic E-state index is 12.2. The van der Waals surface area contributed by atoms with Gasteiger partial charge in [-0.05, 0) is 23.3 Å². The number of rotatable bonds is 10. The van der Waals surface area contributed by atoms with Gasteiger partial charge in [0.05, 0.1) is 12.5 Å². The van der Waals surface area contributed by atoms with E-state index in [4.69, 9.17) is 33.7 Å². The van der Waals surface area contributed by atoms with Crippen LogP contribution < -0.4 is 16.4 Å². The summed E-state index contributed by atoms with van der Waals surface area (Å²) < 4.78 is 5.02. The quantitative estimate of drug-likeness (QED) is 0.425. The molecule has 0 saturated heterocycles. The van der Waals surface area contributed by atoms with Crippen molar-refractivity contribution >= 4 is 41.1 Å². The molecule has 3 amide bonds. The van der Waals surface area contributed by atoms with Crippen molar-refractivity contribution in [2.75, 3.05) is 6.54 Å². The van der Waals surface area contributed by atoms with Crippen LogP contribution >= 0.6 is 23.2 Å². The molecule has 0 heterocycles. The van der Waals surface area contributed by atoms with E-state index in [2.05, 4.69) is 10.6 Å². The summed E-state index contributed by atoms with van der Waals surface area (Å²) in [7, 11) is 0. The highest BCUT2D eigenvalue weighted by Gasteiger charge is 2.22. The molecule has 0 aliphatic carbocycles. The molecule has 0 fully saturated rings. The van der Waals surface area contributed by atoms with Gasteiger partial charge in [-0.3, -0.25) is 9.59 Å². The van der Waals surface area contributed by atoms with Crippen molar-refractivity contribution in [2.24, 2.45) is 5.73 Å². The standard InChI is InChI=1S/C21H23Cl2N3O5/c22-16-7-4-8-17(23)15(16)10-18(20(24)29)26-19(28)9-14(27)11-25-21(30)31-12-13-5-2-1-3-6-13/h1-8,14,18,27H,9-12H2,(H2,24,29)(H,25,30)(H,26,28)/t14-,18+/m1/s1. The van der Waals surface area contributed by atoms with Crippen molar-refractivity contribution in [3.05, 3.63) is 69.7 Å². The molecule has 10 heteroatoms. The Hall–Kier alpha value is -2.81. The second kappa shape index (κ2) is 12.1. The molecule has 5 N–H and O–H groups in total. The van der Waals surface area contributed by atoms with E-state index in [9.17, 15) is 19.5 Å². The smallest absolute Gasteiger partial charge is 0.407 e. The number of carbonyl (C=O) groups is 3. The Morgan fingerprint density at radius 3 is 2.29 bits per heavy atom. The third-order valence-corrected chi connectivity index (χ3v) is 4.97. The number of halogens is 2. The Labute approximate surface area is 189 Å². The van der Waals surface area contributed by atoms with Crippen LogP contribution in [-0.4, -0.2) is 41.7 Å². The number of alkyl carbamates (subject to hydrolysis) is 1. The van der Waals surface area contributed by atoms with Crippen LogP contribution in [0, 0.1) is 0 Å². The fraction of sp³-hybridized carbons (Fsp3) is 0.286. The highest BCUT2D eigenvalue weighted by atomic mass is 35.5. The predicted molar refractivity (Wildman–Crippen MR) is 117 cm³/mol. The Morgan fingerprint density at radius 1 is 1.03 bits per heavy atom. The molecule has 2 aromatic rings. The van der Waals surface area contributed by atoms with Crippen LogP contribution in [0.4, 0.5) is 4.79 Å². The number of hydrogen-bond donors (Lipinski definition) is 4. The molecule has 2 aromatic carbocycles. The molecule has 0 unspecified atom stereocenters. The molecule has 2 rings (SSSR count). The van der Waals surface area contributed by atoms with Crippen LogP contribution in [0.25, 0.3) is 0 Å². The summed E-state index contributed by atoms with van der Waals surface area (Å²) in [6.45, 7) is -0.132. The zero-order valence-corrected chi connectivity index (χ0v) is 18.0. The number of primary amides is 1. The van der Waals surface area contributed by atoms with Gasteiger partial charge in [0.2, 0.25) is 11.8 Å². The molecule has 166 valence electrons. The van der Waals surface area contributed by atoms with Crippen molar-refractivity contribution in [1.82, 2.24) is 10.6 Å². The number of aliphatic hydroxyl groups excluding tert-OH is 1. The number of nitrogens with one attached hydrogen (secondary N) is 2. The van der Waals surface area contributed by atoms with E-state index in [0.717, 1.165) is 5.56 Å². The van der Waals surface area contributed by atoms with Crippen LogP contribution in [0.2, 0.25) is 10.0 Å². The minimum Gasteiger partial charge on any atom is -0.445 e. The second-order valence-electron chi connectivity index (χ2n) is 6.73. The Bertz CT molecular complexity index is 891. The first-order valence-electron chi connectivity index (χ1n) is 9.40. The van der Waals surface area contributed by atoms with E-state index >= 15 is 0 Å². The van der Waals surface area contributed by atoms with Crippen LogP contribution in [0.15, 0.2) is 48.5 Å². The van der Waals surface area contributed by atoms with E-state index < -0.39 is 30.1 Å². The van der Waals surface area contributed by atoms with Crippen molar-refractivity contribution < 1.29 is 24.2 Å². The molecule has 0 spiro atoms. The molecule has 0 aromatic heterocycles. The molecular formula is C21H23Cl2N3O5. The molecule has 0 bridgehead atoms. The number of ether oxygens (including phenoxy) is 1. The zero-order chi connectivity index (χ0) is 22.8. The fourth-order valence-corrected chi connectivity index (χ4v) is 3.22. The minimum atomic E-state index is -1.19. The normalized spacial score (nSPS) is 12.5. The first kappa shape index (κ1) is 24.5. The summed E-state index contributed by atoms with van der Waals surface area (Å²) in [5.74, 6) is -1.40. The lowest BCUT2D eigenvalue weighted by Crippen LogP contribution is -2.47. The van der Waals surface area contributed by atoms with Gasteiger partial charge in [-0.1, -0.05) is 59.6 Å². The zero-order valence-electron chi connectivity index (χ0n) is 16.5. The van der Waals surface area contributed by atoms with Crippen molar-refractivity contribution in [3.63, 3.8) is 0 Å². The highest BCUT2D eigenvalue weighted by Crippen LogP contribution is 2.25. The van der Waals surface area contributed by atoms with Crippen LogP contribution in [-0.2, 0) is 27.4 Å². The molecule has 31 heavy (non-hydrogen) atoms. The SMILES string of the molecule is NC(=O)[C@H](Cc1c(Cl)cccc1Cl)NC(=O)C[C@@H](O)CNC(=O)OCc1ccccc1. The maximum Gasteiger partial charge on any atom is 0.407 e. The number of benzene rings is 2. The molecule has 0 saturated carbocycles. The lowest BCUT2D eigenvalue weighted by atomic mass is 10.0. The first-order chi connectivity index (χ1) is 14.8. The number of carbonyl (C=O) groups excluding carboxylic acids is 3. The highest BCUT2D eigenvalue weighted by molar-refractivity contribution is 6.36. The number of nitrogens with two attached hydrogens (primary N) is 1. The number of aliphatic hydroxyl groups is 1. The molecule has 0 aliphatic heterocycles. The Kier molecular flexibility index (Phi) is 9.58. The molecular weight excluding hydrogens is 445 g/mol. The first-order valence-corrected chi connectivity index (χ1v) is 10.2. The topological polar surface area (TPSA) is 131 Å². The fourth-order valence-electron chi connectivity index (χ4n) is 2.67. The van der Waals surface area contributed by atoms with Gasteiger partial charge < -0.3 is 26.2 Å². The molecule has 2 atom stereocenters. The largest absolute Gasteiger partial charge is 0.445 e. The van der Waals surface area contributed by atoms with E-state index in [-0.39, 0.29) is 26.0 Å². The lowest BCUT2D eigenvalue weighted by molar-refractivity contribution is -0.128. The lowest BCUT2D eigenvalue weighted by Gasteiger charge is -2.18. The summed E-state index contributed by atoms with van der Waals surface area (Å²) >= 11 is 12.2. The van der Waals surface area contributed by atoms with Crippen molar-refractivity contribution in [1.29, 1.82) is 0 Å². The monoisotopic (exact) mass is 467 g/mol. The predicted octanol–water partition coefficient (Wildman–Crippen LogP) is 2.18. The number of amides is 3. The third kappa shape index (κ3) is 8.45. The van der Waals surface area contributed by atoms with Gasteiger partial charge in [-0.2, -0.15) is 0 Å². The van der Waals surface area contributed by atoms with Crippen molar-refractivity contribution in [2.45, 2.75) is 31.6 Å². The van der Waals surface area contributed by atoms with Gasteiger partial charge in [-0.15, -0.1) is 0 Å². The van der Waals surface area contributed by atoms with Gasteiger partial charge in [-0.25, -0.2) is 4.79 Å². The van der Waals surface area contributed by atoms with E-state index in [1.54, 1.807) is 30.3 Å². The van der Waals surface area contributed by atoms with Crippen LogP contribution in [0.3, 0.4) is 0 Å². The van der Waals surface area contributed by atoms with Gasteiger partial charge in [0.15, 0.2) is 0 Å². The van der Waals surface area contributed by atoms with Crippen LogP contribution in [0.1, 0.15) is 17.5 Å². The molecule has 0 aliphatic rings. The van der Waals surface area contributed by atoms with Gasteiger partial charge in [0, 0.05) is 23.0 Å². The van der Waals surface area contributed by atoms with Gasteiger partial charge in [0.1, 0.15) is 12.6 Å². The van der Waals surface area contributed by atoms with E-state index in [1.165, 1.54) is 0 Å². The summed E-state index contributed by atoms with van der Waals surface area (Å²) in [5, 5.41) is 15.5. The Morgan fingerprint density at radius 2 is 1.68 bits per heavy atom. The maximum absolute atomic E-state index is 12.2. The average Bonchev–Trinajstić information content (AvgIpc) is 2.73. The van der Waals surface area contributed by atoms with Gasteiger partial charge >= 0.3 is 6.09 Å². The summed E-state index contributed by atoms with van der Waals surface area (Å²) in [5.41, 5.74) is 6.65. The van der Waals surface area contributed by atoms with E-state index in [1.807, 2.05) is 18.2 Å². The van der Waals surface area contributed by atoms with Crippen LogP contribution in [0.5, 0.6) is 0 Å². The minimum absolute atomic E-state index is 0.000261. The molecule has 0 radical (unpaired) electrons. The van der Waals surface area contributed by atoms with Gasteiger partial charge in [0.25, 0.3) is 0 Å². The Balaban J connectivity index is 1.78. The average molecular weight is 468 g/mol. The second-order valence-corrected chi connectivity index (χ2v) is 7.54. The summed E-state index contributed by atoms with van der Waals surface area (Å²) in [4.78, 5) is 35.6. The van der Waals surface area contributed by atoms with E-state index in [0.29, 0.717) is 15.6 Å². The van der Waals surface area contributed by atoms with Crippen molar-refractivity contribution in [3.8, 4) is 0 Å². The summed E-state index contributed by atoms with van der Waals surface area (Å²) in [6.07, 6.45) is -2.29. The third-order valence-electron chi connectivity index (χ3n) is 4.26. The molecule has 8 nitrogen and oxygen atoms in total. The number of hydrogen-bond acceptors (Lipinski definition) is 5.